The molecule has 0 bridgehead atoms. The number of benzene rings is 1. The van der Waals surface area contributed by atoms with Crippen LogP contribution in [0.2, 0.25) is 0 Å². The van der Waals surface area contributed by atoms with Crippen LogP contribution in [0.25, 0.3) is 11.3 Å². The maximum Gasteiger partial charge on any atom is 0.264 e. The first-order valence-electron chi connectivity index (χ1n) is 4.91. The Bertz CT molecular complexity index is 541. The van der Waals surface area contributed by atoms with Crippen molar-refractivity contribution in [2.45, 2.75) is 6.92 Å². The van der Waals surface area contributed by atoms with E-state index in [-0.39, 0.29) is 5.56 Å². The zero-order chi connectivity index (χ0) is 11.5. The van der Waals surface area contributed by atoms with Gasteiger partial charge in [-0.15, -0.1) is 0 Å². The van der Waals surface area contributed by atoms with E-state index in [0.29, 0.717) is 5.69 Å². The number of hydrogen-bond donors (Lipinski definition) is 1. The maximum atomic E-state index is 10.9. The van der Waals surface area contributed by atoms with Crippen molar-refractivity contribution in [1.82, 2.24) is 10.2 Å². The number of aromatic amines is 1. The summed E-state index contributed by atoms with van der Waals surface area (Å²) in [7, 11) is 1.61. The molecule has 0 saturated carbocycles. The zero-order valence-electron chi connectivity index (χ0n) is 9.15. The molecule has 16 heavy (non-hydrogen) atoms. The molecule has 0 radical (unpaired) electrons. The molecular formula is C12H12N2O2. The SMILES string of the molecule is COc1ccc(C)cc1-c1ccc(=O)[nH]n1. The van der Waals surface area contributed by atoms with E-state index < -0.39 is 0 Å². The van der Waals surface area contributed by atoms with E-state index in [1.54, 1.807) is 13.2 Å². The normalized spacial score (nSPS) is 10.1. The van der Waals surface area contributed by atoms with Gasteiger partial charge in [0, 0.05) is 11.6 Å². The zero-order valence-corrected chi connectivity index (χ0v) is 9.15. The molecule has 2 aromatic rings. The average Bonchev–Trinajstić information content (AvgIpc) is 2.30. The van der Waals surface area contributed by atoms with Gasteiger partial charge in [0.15, 0.2) is 0 Å². The van der Waals surface area contributed by atoms with E-state index in [0.717, 1.165) is 16.9 Å². The lowest BCUT2D eigenvalue weighted by molar-refractivity contribution is 0.416. The number of aryl methyl sites for hydroxylation is 1. The molecule has 4 heteroatoms. The Balaban J connectivity index is 2.57. The third-order valence-corrected chi connectivity index (χ3v) is 2.31. The molecule has 0 amide bonds. The molecule has 0 aliphatic heterocycles. The van der Waals surface area contributed by atoms with Crippen LogP contribution < -0.4 is 10.3 Å². The van der Waals surface area contributed by atoms with Crippen LogP contribution in [0.15, 0.2) is 35.1 Å². The van der Waals surface area contributed by atoms with Crippen LogP contribution in [0.3, 0.4) is 0 Å². The first-order valence-corrected chi connectivity index (χ1v) is 4.91. The molecule has 1 aromatic carbocycles. The van der Waals surface area contributed by atoms with Crippen LogP contribution in [0.1, 0.15) is 5.56 Å². The number of nitrogens with zero attached hydrogens (tertiary/aromatic N) is 1. The lowest BCUT2D eigenvalue weighted by atomic mass is 10.1. The number of ether oxygens (including phenoxy) is 1. The van der Waals surface area contributed by atoms with Crippen molar-refractivity contribution in [3.8, 4) is 17.0 Å². The van der Waals surface area contributed by atoms with Gasteiger partial charge < -0.3 is 4.74 Å². The summed E-state index contributed by atoms with van der Waals surface area (Å²) < 4.78 is 5.25. The predicted octanol–water partition coefficient (Wildman–Crippen LogP) is 1.75. The standard InChI is InChI=1S/C12H12N2O2/c1-8-3-5-11(16-2)9(7-8)10-4-6-12(15)14-13-10/h3-7H,1-2H3,(H,14,15). The lowest BCUT2D eigenvalue weighted by Gasteiger charge is -2.08. The largest absolute Gasteiger partial charge is 0.496 e. The van der Waals surface area contributed by atoms with E-state index >= 15 is 0 Å². The summed E-state index contributed by atoms with van der Waals surface area (Å²) in [5, 5.41) is 6.39. The number of rotatable bonds is 2. The number of hydrogen-bond acceptors (Lipinski definition) is 3. The Hall–Kier alpha value is -2.10. The van der Waals surface area contributed by atoms with Gasteiger partial charge in [0.2, 0.25) is 0 Å². The summed E-state index contributed by atoms with van der Waals surface area (Å²) in [6, 6.07) is 8.95. The van der Waals surface area contributed by atoms with Gasteiger partial charge in [-0.2, -0.15) is 5.10 Å². The molecule has 0 atom stereocenters. The van der Waals surface area contributed by atoms with Crippen molar-refractivity contribution < 1.29 is 4.74 Å². The number of methoxy groups -OCH3 is 1. The Morgan fingerprint density at radius 1 is 1.25 bits per heavy atom. The van der Waals surface area contributed by atoms with Crippen molar-refractivity contribution in [2.24, 2.45) is 0 Å². The van der Waals surface area contributed by atoms with Crippen LogP contribution in [0.5, 0.6) is 5.75 Å². The van der Waals surface area contributed by atoms with E-state index in [1.807, 2.05) is 25.1 Å². The minimum absolute atomic E-state index is 0.213. The highest BCUT2D eigenvalue weighted by Gasteiger charge is 2.07. The van der Waals surface area contributed by atoms with E-state index in [1.165, 1.54) is 6.07 Å². The molecule has 1 aromatic heterocycles. The van der Waals surface area contributed by atoms with Crippen LogP contribution in [-0.4, -0.2) is 17.3 Å². The Morgan fingerprint density at radius 2 is 2.06 bits per heavy atom. The Morgan fingerprint density at radius 3 is 2.69 bits per heavy atom. The molecular weight excluding hydrogens is 204 g/mol. The van der Waals surface area contributed by atoms with Gasteiger partial charge in [0.25, 0.3) is 5.56 Å². The molecule has 0 aliphatic rings. The van der Waals surface area contributed by atoms with Crippen molar-refractivity contribution in [3.63, 3.8) is 0 Å². The van der Waals surface area contributed by atoms with E-state index in [4.69, 9.17) is 4.74 Å². The van der Waals surface area contributed by atoms with Gasteiger partial charge in [-0.1, -0.05) is 11.6 Å². The van der Waals surface area contributed by atoms with Crippen LogP contribution in [0.4, 0.5) is 0 Å². The summed E-state index contributed by atoms with van der Waals surface area (Å²) in [5.41, 5.74) is 2.47. The second-order valence-corrected chi connectivity index (χ2v) is 3.51. The third kappa shape index (κ3) is 1.95. The average molecular weight is 216 g/mol. The minimum Gasteiger partial charge on any atom is -0.496 e. The smallest absolute Gasteiger partial charge is 0.264 e. The third-order valence-electron chi connectivity index (χ3n) is 2.31. The van der Waals surface area contributed by atoms with E-state index in [2.05, 4.69) is 10.2 Å². The molecule has 82 valence electrons. The fourth-order valence-corrected chi connectivity index (χ4v) is 1.52. The molecule has 0 spiro atoms. The highest BCUT2D eigenvalue weighted by Crippen LogP contribution is 2.28. The fraction of sp³-hybridized carbons (Fsp3) is 0.167. The molecule has 4 nitrogen and oxygen atoms in total. The van der Waals surface area contributed by atoms with Crippen molar-refractivity contribution >= 4 is 0 Å². The van der Waals surface area contributed by atoms with Gasteiger partial charge in [0.05, 0.1) is 12.8 Å². The minimum atomic E-state index is -0.213. The highest BCUT2D eigenvalue weighted by atomic mass is 16.5. The molecule has 2 rings (SSSR count). The monoisotopic (exact) mass is 216 g/mol. The number of nitrogens with one attached hydrogen (secondary N) is 1. The molecule has 0 fully saturated rings. The number of aromatic nitrogens is 2. The van der Waals surface area contributed by atoms with Crippen molar-refractivity contribution in [1.29, 1.82) is 0 Å². The lowest BCUT2D eigenvalue weighted by Crippen LogP contribution is -2.06. The summed E-state index contributed by atoms with van der Waals surface area (Å²) in [4.78, 5) is 10.9. The van der Waals surface area contributed by atoms with Gasteiger partial charge in [-0.3, -0.25) is 4.79 Å². The van der Waals surface area contributed by atoms with E-state index in [9.17, 15) is 4.79 Å². The second-order valence-electron chi connectivity index (χ2n) is 3.51. The summed E-state index contributed by atoms with van der Waals surface area (Å²) in [6.45, 7) is 1.99. The summed E-state index contributed by atoms with van der Waals surface area (Å²) in [5.74, 6) is 0.741. The number of H-pyrrole nitrogens is 1. The Labute approximate surface area is 92.9 Å². The molecule has 0 aliphatic carbocycles. The molecule has 1 heterocycles. The highest BCUT2D eigenvalue weighted by molar-refractivity contribution is 5.67. The first kappa shape index (κ1) is 10.4. The molecule has 0 unspecified atom stereocenters. The van der Waals surface area contributed by atoms with Gasteiger partial charge in [-0.25, -0.2) is 5.10 Å². The van der Waals surface area contributed by atoms with Gasteiger partial charge in [0.1, 0.15) is 5.75 Å². The quantitative estimate of drug-likeness (QED) is 0.832. The second kappa shape index (κ2) is 4.18. The molecule has 1 N–H and O–H groups in total. The van der Waals surface area contributed by atoms with Crippen molar-refractivity contribution in [3.05, 3.63) is 46.2 Å². The topological polar surface area (TPSA) is 55.0 Å². The van der Waals surface area contributed by atoms with Gasteiger partial charge >= 0.3 is 0 Å². The summed E-state index contributed by atoms with van der Waals surface area (Å²) in [6.07, 6.45) is 0. The molecule has 0 saturated heterocycles. The van der Waals surface area contributed by atoms with Crippen LogP contribution in [-0.2, 0) is 0 Å². The van der Waals surface area contributed by atoms with Gasteiger partial charge in [-0.05, 0) is 25.1 Å². The fourth-order valence-electron chi connectivity index (χ4n) is 1.52. The first-order chi connectivity index (χ1) is 7.70. The van der Waals surface area contributed by atoms with Crippen LogP contribution in [0, 0.1) is 6.92 Å². The predicted molar refractivity (Wildman–Crippen MR) is 61.6 cm³/mol. The van der Waals surface area contributed by atoms with Crippen LogP contribution >= 0.6 is 0 Å². The maximum absolute atomic E-state index is 10.9. The van der Waals surface area contributed by atoms with Crippen molar-refractivity contribution in [2.75, 3.05) is 7.11 Å². The summed E-state index contributed by atoms with van der Waals surface area (Å²) >= 11 is 0. The Kier molecular flexibility index (Phi) is 2.72.